The fourth-order valence-electron chi connectivity index (χ4n) is 1.41. The zero-order valence-electron chi connectivity index (χ0n) is 9.46. The van der Waals surface area contributed by atoms with Crippen molar-refractivity contribution in [2.75, 3.05) is 0 Å². The number of hydrogen-bond donors (Lipinski definition) is 0. The van der Waals surface area contributed by atoms with Crippen LogP contribution in [0.15, 0.2) is 16.7 Å². The minimum absolute atomic E-state index is 0. The summed E-state index contributed by atoms with van der Waals surface area (Å²) in [6.45, 7) is 10.9. The van der Waals surface area contributed by atoms with Crippen LogP contribution < -0.4 is 49.6 Å². The third kappa shape index (κ3) is 6.63. The van der Waals surface area contributed by atoms with Gasteiger partial charge in [0.05, 0.1) is 0 Å². The molecule has 5 heteroatoms. The molecule has 0 amide bonds. The van der Waals surface area contributed by atoms with Crippen molar-refractivity contribution in [3.8, 4) is 0 Å². The van der Waals surface area contributed by atoms with Gasteiger partial charge in [-0.25, -0.2) is 5.57 Å². The van der Waals surface area contributed by atoms with Crippen molar-refractivity contribution >= 4 is 0 Å². The van der Waals surface area contributed by atoms with Gasteiger partial charge in [-0.15, -0.1) is 6.92 Å². The molecule has 0 atom stereocenters. The predicted molar refractivity (Wildman–Crippen MR) is 44.6 cm³/mol. The van der Waals surface area contributed by atoms with Crippen molar-refractivity contribution in [1.29, 1.82) is 0 Å². The monoisotopic (exact) mass is 456 g/mol. The number of rotatable bonds is 0. The molecule has 0 heterocycles. The Balaban J connectivity index is -0.0000000667. The molecule has 0 saturated carbocycles. The number of allylic oxidation sites excluding steroid dienone is 4. The summed E-state index contributed by atoms with van der Waals surface area (Å²) in [5.41, 5.74) is 4.39. The van der Waals surface area contributed by atoms with Gasteiger partial charge in [0.25, 0.3) is 0 Å². The summed E-state index contributed by atoms with van der Waals surface area (Å²) in [5.74, 6) is 0. The van der Waals surface area contributed by atoms with E-state index in [1.54, 1.807) is 0 Å². The minimum Gasteiger partial charge on any atom is -1.00 e. The van der Waals surface area contributed by atoms with Crippen LogP contribution in [0.2, 0.25) is 0 Å². The molecule has 0 unspecified atom stereocenters. The molecule has 0 aromatic carbocycles. The van der Waals surface area contributed by atoms with Crippen molar-refractivity contribution in [1.82, 2.24) is 0 Å². The minimum atomic E-state index is 0. The molecular weight excluding hydrogens is 443 g/mol. The Bertz CT molecular complexity index is 232. The van der Waals surface area contributed by atoms with Crippen LogP contribution in [-0.4, -0.2) is 0 Å². The van der Waals surface area contributed by atoms with Gasteiger partial charge in [-0.1, -0.05) is 33.1 Å². The molecule has 0 nitrogen and oxygen atoms in total. The number of halogens is 4. The molecule has 1 aliphatic rings. The molecule has 0 fully saturated rings. The summed E-state index contributed by atoms with van der Waals surface area (Å²) in [6.07, 6.45) is 3.44. The third-order valence-corrected chi connectivity index (χ3v) is 2.56. The van der Waals surface area contributed by atoms with Gasteiger partial charge in [-0.05, 0) is 0 Å². The van der Waals surface area contributed by atoms with Crippen LogP contribution in [0.3, 0.4) is 0 Å². The maximum absolute atomic E-state index is 3.44. The summed E-state index contributed by atoms with van der Waals surface area (Å²) in [6, 6.07) is 0. The van der Waals surface area contributed by atoms with Crippen molar-refractivity contribution in [3.05, 3.63) is 22.8 Å². The third-order valence-electron chi connectivity index (χ3n) is 2.56. The second-order valence-electron chi connectivity index (χ2n) is 3.62. The topological polar surface area (TPSA) is 0 Å². The van der Waals surface area contributed by atoms with Gasteiger partial charge in [0.2, 0.25) is 0 Å². The Labute approximate surface area is 134 Å². The first-order chi connectivity index (χ1) is 4.45. The first-order valence-corrected chi connectivity index (χ1v) is 3.75. The average molecular weight is 458 g/mol. The summed E-state index contributed by atoms with van der Waals surface area (Å²) in [4.78, 5) is 0. The predicted octanol–water partition coefficient (Wildman–Crippen LogP) is -8.87. The van der Waals surface area contributed by atoms with E-state index in [2.05, 4.69) is 40.7 Å². The smallest absolute Gasteiger partial charge is 0 e. The molecule has 0 aliphatic heterocycles. The Morgan fingerprint density at radius 1 is 0.867 bits per heavy atom. The first kappa shape index (κ1) is 29.9. The fraction of sp³-hybridized carbons (Fsp3) is 0.600. The first-order valence-electron chi connectivity index (χ1n) is 3.75. The molecule has 0 N–H and O–H groups in total. The second-order valence-corrected chi connectivity index (χ2v) is 3.62. The molecule has 93 valence electrons. The van der Waals surface area contributed by atoms with E-state index in [-0.39, 0.29) is 77.4 Å². The maximum atomic E-state index is 3.44. The van der Waals surface area contributed by atoms with Gasteiger partial charge >= 0.3 is 0 Å². The van der Waals surface area contributed by atoms with Gasteiger partial charge in [-0.3, -0.25) is 6.08 Å². The van der Waals surface area contributed by atoms with Crippen molar-refractivity contribution < 1.29 is 72.0 Å². The van der Waals surface area contributed by atoms with Gasteiger partial charge in [0.15, 0.2) is 0 Å². The van der Waals surface area contributed by atoms with E-state index >= 15 is 0 Å². The molecule has 1 rings (SSSR count). The molecule has 0 saturated heterocycles. The molecular formula is C10H15Cl4Ta-5. The van der Waals surface area contributed by atoms with E-state index in [9.17, 15) is 0 Å². The van der Waals surface area contributed by atoms with Crippen LogP contribution in [0.25, 0.3) is 0 Å². The van der Waals surface area contributed by atoms with Crippen LogP contribution in [0.4, 0.5) is 0 Å². The summed E-state index contributed by atoms with van der Waals surface area (Å²) >= 11 is 0. The van der Waals surface area contributed by atoms with Gasteiger partial charge < -0.3 is 49.6 Å². The number of hydrogen-bond acceptors (Lipinski definition) is 0. The average Bonchev–Trinajstić information content (AvgIpc) is 1.95. The zero-order chi connectivity index (χ0) is 7.94. The van der Waals surface area contributed by atoms with E-state index in [0.29, 0.717) is 0 Å². The second kappa shape index (κ2) is 10.5. The Morgan fingerprint density at radius 3 is 1.27 bits per heavy atom. The normalized spacial score (nSPS) is 15.7. The molecule has 0 spiro atoms. The van der Waals surface area contributed by atoms with Gasteiger partial charge in [-0.2, -0.15) is 11.1 Å². The largest absolute Gasteiger partial charge is 1.00 e. The van der Waals surface area contributed by atoms with Crippen LogP contribution in [0, 0.1) is 11.5 Å². The Kier molecular flexibility index (Phi) is 21.0. The van der Waals surface area contributed by atoms with Crippen LogP contribution in [0.5, 0.6) is 0 Å². The van der Waals surface area contributed by atoms with E-state index in [0.717, 1.165) is 0 Å². The van der Waals surface area contributed by atoms with Crippen LogP contribution >= 0.6 is 0 Å². The summed E-state index contributed by atoms with van der Waals surface area (Å²) < 4.78 is 0. The summed E-state index contributed by atoms with van der Waals surface area (Å²) in [7, 11) is 0. The van der Waals surface area contributed by atoms with Crippen molar-refractivity contribution in [3.63, 3.8) is 0 Å². The Morgan fingerprint density at radius 2 is 1.20 bits per heavy atom. The zero-order valence-corrected chi connectivity index (χ0v) is 15.7. The fourth-order valence-corrected chi connectivity index (χ4v) is 1.41. The van der Waals surface area contributed by atoms with Gasteiger partial charge in [0, 0.05) is 22.4 Å². The quantitative estimate of drug-likeness (QED) is 0.317. The van der Waals surface area contributed by atoms with Gasteiger partial charge in [0.1, 0.15) is 0 Å². The van der Waals surface area contributed by atoms with E-state index in [4.69, 9.17) is 0 Å². The van der Waals surface area contributed by atoms with Crippen LogP contribution in [0.1, 0.15) is 34.6 Å². The van der Waals surface area contributed by atoms with E-state index < -0.39 is 0 Å². The van der Waals surface area contributed by atoms with Crippen molar-refractivity contribution in [2.24, 2.45) is 5.41 Å². The standard InChI is InChI=1S/C10H15.4ClH.Ta/c1-7-6-10(4,5)9(3)8(7)2;;;;;/h1-5H3;4*1H;/q-1;;;;;/p-4. The summed E-state index contributed by atoms with van der Waals surface area (Å²) in [5, 5.41) is 0. The molecule has 15 heavy (non-hydrogen) atoms. The van der Waals surface area contributed by atoms with E-state index in [1.165, 1.54) is 16.7 Å². The van der Waals surface area contributed by atoms with Crippen molar-refractivity contribution in [2.45, 2.75) is 34.6 Å². The molecule has 0 aromatic rings. The molecule has 1 aliphatic carbocycles. The van der Waals surface area contributed by atoms with E-state index in [1.807, 2.05) is 0 Å². The maximum Gasteiger partial charge on any atom is 0 e. The molecule has 1 radical (unpaired) electrons. The SMILES string of the molecule is CC1=[C-]C(C)(C)C(C)=C1C.[Cl-].[Cl-].[Cl-].[Cl-].[Ta]. The molecule has 0 aromatic heterocycles. The van der Waals surface area contributed by atoms with Crippen LogP contribution in [-0.2, 0) is 22.4 Å². The Hall–Kier alpha value is 1.38. The molecule has 0 bridgehead atoms.